The minimum absolute atomic E-state index is 0.162. The van der Waals surface area contributed by atoms with Gasteiger partial charge in [-0.25, -0.2) is 8.78 Å². The predicted octanol–water partition coefficient (Wildman–Crippen LogP) is 1.19. The molecule has 1 aromatic carbocycles. The molecule has 1 N–H and O–H groups in total. The summed E-state index contributed by atoms with van der Waals surface area (Å²) < 4.78 is 32.1. The molecule has 0 spiro atoms. The molecule has 0 bridgehead atoms. The smallest absolute Gasteiger partial charge is 0.257 e. The summed E-state index contributed by atoms with van der Waals surface area (Å²) in [4.78, 5) is 13.5. The largest absolute Gasteiger partial charge is 0.394 e. The van der Waals surface area contributed by atoms with Gasteiger partial charge in [-0.1, -0.05) is 6.07 Å². The van der Waals surface area contributed by atoms with Gasteiger partial charge in [0.15, 0.2) is 11.6 Å². The normalized spacial score (nSPS) is 23.5. The quantitative estimate of drug-likeness (QED) is 0.879. The second-order valence-electron chi connectivity index (χ2n) is 4.56. The van der Waals surface area contributed by atoms with Crippen molar-refractivity contribution >= 4 is 5.91 Å². The lowest BCUT2D eigenvalue weighted by molar-refractivity contribution is -0.0859. The van der Waals surface area contributed by atoms with Crippen LogP contribution in [0, 0.1) is 11.6 Å². The number of rotatable bonds is 2. The molecule has 0 aromatic heterocycles. The Hall–Kier alpha value is -1.53. The third-order valence-electron chi connectivity index (χ3n) is 3.00. The van der Waals surface area contributed by atoms with Crippen LogP contribution in [0.4, 0.5) is 8.78 Å². The Balaban J connectivity index is 2.21. The molecule has 1 aliphatic heterocycles. The van der Waals surface area contributed by atoms with Crippen LogP contribution in [0.25, 0.3) is 0 Å². The molecular weight excluding hydrogens is 256 g/mol. The first kappa shape index (κ1) is 13.9. The standard InChI is InChI=1S/C13H15F2NO3/c1-8-5-16(6-9(7-17)19-8)13(18)10-3-2-4-11(14)12(10)15/h2-4,8-9,17H,5-7H2,1H3. The number of benzene rings is 1. The lowest BCUT2D eigenvalue weighted by Gasteiger charge is -2.36. The molecule has 6 heteroatoms. The summed E-state index contributed by atoms with van der Waals surface area (Å²) in [5.74, 6) is -2.79. The number of carbonyl (C=O) groups is 1. The van der Waals surface area contributed by atoms with E-state index in [2.05, 4.69) is 0 Å². The first-order valence-corrected chi connectivity index (χ1v) is 6.02. The van der Waals surface area contributed by atoms with Gasteiger partial charge >= 0.3 is 0 Å². The lowest BCUT2D eigenvalue weighted by atomic mass is 10.1. The third-order valence-corrected chi connectivity index (χ3v) is 3.00. The van der Waals surface area contributed by atoms with Crippen molar-refractivity contribution in [1.29, 1.82) is 0 Å². The van der Waals surface area contributed by atoms with Crippen LogP contribution in [0.5, 0.6) is 0 Å². The van der Waals surface area contributed by atoms with Gasteiger partial charge in [-0.2, -0.15) is 0 Å². The predicted molar refractivity (Wildman–Crippen MR) is 63.7 cm³/mol. The molecular formula is C13H15F2NO3. The van der Waals surface area contributed by atoms with Gasteiger partial charge in [-0.3, -0.25) is 4.79 Å². The maximum Gasteiger partial charge on any atom is 0.257 e. The molecule has 2 atom stereocenters. The topological polar surface area (TPSA) is 49.8 Å². The summed E-state index contributed by atoms with van der Waals surface area (Å²) in [5.41, 5.74) is -0.300. The second kappa shape index (κ2) is 5.63. The van der Waals surface area contributed by atoms with Crippen LogP contribution in [-0.2, 0) is 4.74 Å². The van der Waals surface area contributed by atoms with Crippen LogP contribution < -0.4 is 0 Å². The van der Waals surface area contributed by atoms with Gasteiger partial charge in [0.25, 0.3) is 5.91 Å². The number of nitrogens with zero attached hydrogens (tertiary/aromatic N) is 1. The number of hydrogen-bond acceptors (Lipinski definition) is 3. The maximum absolute atomic E-state index is 13.6. The lowest BCUT2D eigenvalue weighted by Crippen LogP contribution is -2.50. The number of halogens is 2. The van der Waals surface area contributed by atoms with Crippen molar-refractivity contribution in [1.82, 2.24) is 4.90 Å². The summed E-state index contributed by atoms with van der Waals surface area (Å²) in [5, 5.41) is 9.08. The van der Waals surface area contributed by atoms with Crippen LogP contribution in [0.2, 0.25) is 0 Å². The number of ether oxygens (including phenoxy) is 1. The number of aliphatic hydroxyl groups excluding tert-OH is 1. The van der Waals surface area contributed by atoms with Crippen molar-refractivity contribution in [3.63, 3.8) is 0 Å². The highest BCUT2D eigenvalue weighted by molar-refractivity contribution is 5.94. The van der Waals surface area contributed by atoms with Gasteiger partial charge < -0.3 is 14.7 Å². The van der Waals surface area contributed by atoms with E-state index in [1.165, 1.54) is 17.0 Å². The molecule has 0 radical (unpaired) electrons. The van der Waals surface area contributed by atoms with Crippen molar-refractivity contribution in [2.75, 3.05) is 19.7 Å². The summed E-state index contributed by atoms with van der Waals surface area (Å²) in [6, 6.07) is 3.50. The fourth-order valence-corrected chi connectivity index (χ4v) is 2.15. The third kappa shape index (κ3) is 2.90. The van der Waals surface area contributed by atoms with E-state index in [9.17, 15) is 13.6 Å². The van der Waals surface area contributed by atoms with Gasteiger partial charge in [0, 0.05) is 13.1 Å². The van der Waals surface area contributed by atoms with Crippen molar-refractivity contribution in [3.8, 4) is 0 Å². The Morgan fingerprint density at radius 1 is 1.47 bits per heavy atom. The van der Waals surface area contributed by atoms with Crippen LogP contribution in [-0.4, -0.2) is 47.8 Å². The van der Waals surface area contributed by atoms with E-state index in [0.29, 0.717) is 0 Å². The van der Waals surface area contributed by atoms with E-state index in [1.807, 2.05) is 0 Å². The molecule has 1 heterocycles. The fraction of sp³-hybridized carbons (Fsp3) is 0.462. The minimum Gasteiger partial charge on any atom is -0.394 e. The molecule has 104 valence electrons. The molecule has 1 saturated heterocycles. The van der Waals surface area contributed by atoms with Crippen LogP contribution in [0.15, 0.2) is 18.2 Å². The highest BCUT2D eigenvalue weighted by atomic mass is 19.2. The Morgan fingerprint density at radius 2 is 2.21 bits per heavy atom. The van der Waals surface area contributed by atoms with Crippen LogP contribution in [0.3, 0.4) is 0 Å². The maximum atomic E-state index is 13.6. The molecule has 0 aliphatic carbocycles. The fourth-order valence-electron chi connectivity index (χ4n) is 2.15. The van der Waals surface area contributed by atoms with Crippen LogP contribution in [0.1, 0.15) is 17.3 Å². The zero-order chi connectivity index (χ0) is 14.0. The molecule has 1 aromatic rings. The molecule has 1 fully saturated rings. The SMILES string of the molecule is CC1CN(C(=O)c2cccc(F)c2F)CC(CO)O1. The number of carbonyl (C=O) groups excluding carboxylic acids is 1. The minimum atomic E-state index is -1.15. The van der Waals surface area contributed by atoms with E-state index >= 15 is 0 Å². The summed E-state index contributed by atoms with van der Waals surface area (Å²) in [7, 11) is 0. The van der Waals surface area contributed by atoms with Crippen LogP contribution >= 0.6 is 0 Å². The number of amides is 1. The first-order chi connectivity index (χ1) is 9.02. The zero-order valence-electron chi connectivity index (χ0n) is 10.5. The average Bonchev–Trinajstić information content (AvgIpc) is 2.40. The average molecular weight is 271 g/mol. The van der Waals surface area contributed by atoms with Gasteiger partial charge in [0.1, 0.15) is 0 Å². The summed E-state index contributed by atoms with van der Waals surface area (Å²) in [6.07, 6.45) is -0.754. The highest BCUT2D eigenvalue weighted by Gasteiger charge is 2.30. The zero-order valence-corrected chi connectivity index (χ0v) is 10.5. The van der Waals surface area contributed by atoms with Crippen molar-refractivity contribution in [2.24, 2.45) is 0 Å². The van der Waals surface area contributed by atoms with E-state index < -0.39 is 23.6 Å². The second-order valence-corrected chi connectivity index (χ2v) is 4.56. The summed E-state index contributed by atoms with van der Waals surface area (Å²) in [6.45, 7) is 1.98. The Kier molecular flexibility index (Phi) is 4.11. The van der Waals surface area contributed by atoms with Crippen molar-refractivity contribution < 1.29 is 23.4 Å². The highest BCUT2D eigenvalue weighted by Crippen LogP contribution is 2.17. The van der Waals surface area contributed by atoms with Gasteiger partial charge in [-0.15, -0.1) is 0 Å². The van der Waals surface area contributed by atoms with E-state index in [-0.39, 0.29) is 31.4 Å². The van der Waals surface area contributed by atoms with E-state index in [0.717, 1.165) is 6.07 Å². The molecule has 2 rings (SSSR count). The number of hydrogen-bond donors (Lipinski definition) is 1. The molecule has 0 saturated carbocycles. The van der Waals surface area contributed by atoms with Gasteiger partial charge in [0.05, 0.1) is 24.4 Å². The van der Waals surface area contributed by atoms with Crippen molar-refractivity contribution in [2.45, 2.75) is 19.1 Å². The summed E-state index contributed by atoms with van der Waals surface area (Å²) >= 11 is 0. The Bertz CT molecular complexity index is 481. The number of aliphatic hydroxyl groups is 1. The molecule has 1 aliphatic rings. The van der Waals surface area contributed by atoms with Crippen molar-refractivity contribution in [3.05, 3.63) is 35.4 Å². The Labute approximate surface area is 109 Å². The van der Waals surface area contributed by atoms with Gasteiger partial charge in [0.2, 0.25) is 0 Å². The van der Waals surface area contributed by atoms with E-state index in [1.54, 1.807) is 6.92 Å². The monoisotopic (exact) mass is 271 g/mol. The molecule has 4 nitrogen and oxygen atoms in total. The number of morpholine rings is 1. The molecule has 1 amide bonds. The van der Waals surface area contributed by atoms with E-state index in [4.69, 9.17) is 9.84 Å². The Morgan fingerprint density at radius 3 is 2.89 bits per heavy atom. The first-order valence-electron chi connectivity index (χ1n) is 6.02. The van der Waals surface area contributed by atoms with Gasteiger partial charge in [-0.05, 0) is 19.1 Å². The molecule has 2 unspecified atom stereocenters. The molecule has 19 heavy (non-hydrogen) atoms.